The second kappa shape index (κ2) is 3.69. The van der Waals surface area contributed by atoms with Crippen molar-refractivity contribution in [2.45, 2.75) is 32.2 Å². The van der Waals surface area contributed by atoms with Crippen LogP contribution in [0.2, 0.25) is 0 Å². The van der Waals surface area contributed by atoms with E-state index < -0.39 is 0 Å². The molecule has 0 radical (unpaired) electrons. The number of anilines is 1. The molecule has 0 saturated heterocycles. The average molecular weight is 227 g/mol. The van der Waals surface area contributed by atoms with Crippen molar-refractivity contribution in [3.05, 3.63) is 30.5 Å². The SMILES string of the molecule is CC(C)(Nc1cnc2ccccc2n1)C1CC1. The topological polar surface area (TPSA) is 37.8 Å². The fourth-order valence-corrected chi connectivity index (χ4v) is 2.25. The highest BCUT2D eigenvalue weighted by Crippen LogP contribution is 2.40. The molecule has 17 heavy (non-hydrogen) atoms. The van der Waals surface area contributed by atoms with Crippen LogP contribution in [0.5, 0.6) is 0 Å². The first-order valence-electron chi connectivity index (χ1n) is 6.15. The summed E-state index contributed by atoms with van der Waals surface area (Å²) in [6, 6.07) is 7.96. The van der Waals surface area contributed by atoms with Crippen LogP contribution in [0.4, 0.5) is 5.82 Å². The van der Waals surface area contributed by atoms with Crippen LogP contribution < -0.4 is 5.32 Å². The van der Waals surface area contributed by atoms with Gasteiger partial charge in [0.1, 0.15) is 5.82 Å². The van der Waals surface area contributed by atoms with Crippen LogP contribution in [0.1, 0.15) is 26.7 Å². The van der Waals surface area contributed by atoms with Gasteiger partial charge in [0.2, 0.25) is 0 Å². The van der Waals surface area contributed by atoms with E-state index in [-0.39, 0.29) is 5.54 Å². The standard InChI is InChI=1S/C14H17N3/c1-14(2,10-7-8-10)17-13-9-15-11-5-3-4-6-12(11)16-13/h3-6,9-10H,7-8H2,1-2H3,(H,16,17). The van der Waals surface area contributed by atoms with E-state index >= 15 is 0 Å². The quantitative estimate of drug-likeness (QED) is 0.874. The predicted molar refractivity (Wildman–Crippen MR) is 70.0 cm³/mol. The van der Waals surface area contributed by atoms with Crippen LogP contribution in [0.3, 0.4) is 0 Å². The Morgan fingerprint density at radius 1 is 1.18 bits per heavy atom. The molecule has 2 aromatic rings. The van der Waals surface area contributed by atoms with E-state index in [0.717, 1.165) is 22.8 Å². The Kier molecular flexibility index (Phi) is 2.28. The Labute approximate surface area is 101 Å². The van der Waals surface area contributed by atoms with Crippen molar-refractivity contribution in [3.63, 3.8) is 0 Å². The molecule has 1 aliphatic carbocycles. The normalized spacial score (nSPS) is 16.1. The third-order valence-corrected chi connectivity index (χ3v) is 3.50. The van der Waals surface area contributed by atoms with Crippen molar-refractivity contribution >= 4 is 16.9 Å². The van der Waals surface area contributed by atoms with Crippen molar-refractivity contribution in [1.82, 2.24) is 9.97 Å². The summed E-state index contributed by atoms with van der Waals surface area (Å²) in [4.78, 5) is 9.02. The van der Waals surface area contributed by atoms with Crippen molar-refractivity contribution in [3.8, 4) is 0 Å². The molecule has 1 aromatic carbocycles. The van der Waals surface area contributed by atoms with Crippen molar-refractivity contribution in [1.29, 1.82) is 0 Å². The molecule has 1 saturated carbocycles. The number of nitrogens with zero attached hydrogens (tertiary/aromatic N) is 2. The molecular formula is C14H17N3. The third-order valence-electron chi connectivity index (χ3n) is 3.50. The lowest BCUT2D eigenvalue weighted by Crippen LogP contribution is -2.33. The molecule has 1 heterocycles. The molecule has 0 aliphatic heterocycles. The molecule has 88 valence electrons. The maximum Gasteiger partial charge on any atom is 0.145 e. The Morgan fingerprint density at radius 2 is 1.88 bits per heavy atom. The van der Waals surface area contributed by atoms with E-state index in [2.05, 4.69) is 29.1 Å². The second-order valence-corrected chi connectivity index (χ2v) is 5.36. The zero-order chi connectivity index (χ0) is 11.9. The zero-order valence-electron chi connectivity index (χ0n) is 10.3. The van der Waals surface area contributed by atoms with Crippen LogP contribution in [0.15, 0.2) is 30.5 Å². The molecule has 1 fully saturated rings. The minimum Gasteiger partial charge on any atom is -0.364 e. The summed E-state index contributed by atoms with van der Waals surface area (Å²) < 4.78 is 0. The number of fused-ring (bicyclic) bond motifs is 1. The molecule has 1 aliphatic rings. The number of hydrogen-bond donors (Lipinski definition) is 1. The highest BCUT2D eigenvalue weighted by atomic mass is 15.1. The lowest BCUT2D eigenvalue weighted by Gasteiger charge is -2.26. The Hall–Kier alpha value is -1.64. The molecular weight excluding hydrogens is 210 g/mol. The third kappa shape index (κ3) is 2.09. The summed E-state index contributed by atoms with van der Waals surface area (Å²) in [5.74, 6) is 1.65. The molecule has 1 N–H and O–H groups in total. The Bertz CT molecular complexity index is 544. The summed E-state index contributed by atoms with van der Waals surface area (Å²) in [5.41, 5.74) is 2.02. The Morgan fingerprint density at radius 3 is 2.59 bits per heavy atom. The van der Waals surface area contributed by atoms with Gasteiger partial charge in [0.15, 0.2) is 0 Å². The van der Waals surface area contributed by atoms with Crippen LogP contribution in [-0.2, 0) is 0 Å². The number of nitrogens with one attached hydrogen (secondary N) is 1. The fraction of sp³-hybridized carbons (Fsp3) is 0.429. The maximum atomic E-state index is 4.60. The lowest BCUT2D eigenvalue weighted by molar-refractivity contribution is 0.492. The maximum absolute atomic E-state index is 4.60. The fourth-order valence-electron chi connectivity index (χ4n) is 2.25. The summed E-state index contributed by atoms with van der Waals surface area (Å²) >= 11 is 0. The number of para-hydroxylation sites is 2. The number of benzene rings is 1. The van der Waals surface area contributed by atoms with Gasteiger partial charge in [-0.25, -0.2) is 4.98 Å². The monoisotopic (exact) mass is 227 g/mol. The summed E-state index contributed by atoms with van der Waals surface area (Å²) in [6.07, 6.45) is 4.47. The highest BCUT2D eigenvalue weighted by molar-refractivity contribution is 5.75. The highest BCUT2D eigenvalue weighted by Gasteiger charge is 2.37. The molecule has 0 bridgehead atoms. The van der Waals surface area contributed by atoms with E-state index in [1.54, 1.807) is 0 Å². The summed E-state index contributed by atoms with van der Waals surface area (Å²) in [6.45, 7) is 4.48. The van der Waals surface area contributed by atoms with Gasteiger partial charge in [-0.3, -0.25) is 4.98 Å². The molecule has 0 unspecified atom stereocenters. The van der Waals surface area contributed by atoms with Crippen LogP contribution in [0, 0.1) is 5.92 Å². The van der Waals surface area contributed by atoms with Gasteiger partial charge in [0.25, 0.3) is 0 Å². The van der Waals surface area contributed by atoms with Crippen molar-refractivity contribution < 1.29 is 0 Å². The van der Waals surface area contributed by atoms with Gasteiger partial charge >= 0.3 is 0 Å². The second-order valence-electron chi connectivity index (χ2n) is 5.36. The first kappa shape index (κ1) is 10.5. The largest absolute Gasteiger partial charge is 0.364 e. The van der Waals surface area contributed by atoms with Gasteiger partial charge in [-0.15, -0.1) is 0 Å². The molecule has 0 atom stereocenters. The van der Waals surface area contributed by atoms with Crippen molar-refractivity contribution in [2.24, 2.45) is 5.92 Å². The van der Waals surface area contributed by atoms with E-state index in [9.17, 15) is 0 Å². The number of hydrogen-bond acceptors (Lipinski definition) is 3. The van der Waals surface area contributed by atoms with E-state index in [4.69, 9.17) is 0 Å². The summed E-state index contributed by atoms with van der Waals surface area (Å²) in [7, 11) is 0. The van der Waals surface area contributed by atoms with Gasteiger partial charge in [-0.05, 0) is 44.7 Å². The van der Waals surface area contributed by atoms with Gasteiger partial charge in [0.05, 0.1) is 17.2 Å². The van der Waals surface area contributed by atoms with Crippen LogP contribution >= 0.6 is 0 Å². The van der Waals surface area contributed by atoms with Crippen molar-refractivity contribution in [2.75, 3.05) is 5.32 Å². The molecule has 0 amide bonds. The Balaban J connectivity index is 1.90. The molecule has 3 rings (SSSR count). The minimum atomic E-state index is 0.122. The average Bonchev–Trinajstić information content (AvgIpc) is 3.12. The smallest absolute Gasteiger partial charge is 0.145 e. The predicted octanol–water partition coefficient (Wildman–Crippen LogP) is 3.23. The van der Waals surface area contributed by atoms with E-state index in [1.807, 2.05) is 30.5 Å². The number of rotatable bonds is 3. The van der Waals surface area contributed by atoms with Crippen LogP contribution in [-0.4, -0.2) is 15.5 Å². The zero-order valence-corrected chi connectivity index (χ0v) is 10.3. The molecule has 1 aromatic heterocycles. The first-order valence-corrected chi connectivity index (χ1v) is 6.15. The first-order chi connectivity index (χ1) is 8.15. The van der Waals surface area contributed by atoms with Gasteiger partial charge in [-0.1, -0.05) is 12.1 Å². The molecule has 3 nitrogen and oxygen atoms in total. The summed E-state index contributed by atoms with van der Waals surface area (Å²) in [5, 5.41) is 3.50. The lowest BCUT2D eigenvalue weighted by atomic mass is 9.99. The molecule has 3 heteroatoms. The van der Waals surface area contributed by atoms with Gasteiger partial charge in [0, 0.05) is 5.54 Å². The number of aromatic nitrogens is 2. The van der Waals surface area contributed by atoms with Crippen LogP contribution in [0.25, 0.3) is 11.0 Å². The van der Waals surface area contributed by atoms with E-state index in [1.165, 1.54) is 12.8 Å². The minimum absolute atomic E-state index is 0.122. The van der Waals surface area contributed by atoms with E-state index in [0.29, 0.717) is 0 Å². The van der Waals surface area contributed by atoms with Gasteiger partial charge < -0.3 is 5.32 Å². The molecule has 0 spiro atoms. The van der Waals surface area contributed by atoms with Gasteiger partial charge in [-0.2, -0.15) is 0 Å².